The van der Waals surface area contributed by atoms with Crippen LogP contribution in [0.4, 0.5) is 5.69 Å². The molecule has 0 aromatic heterocycles. The smallest absolute Gasteiger partial charge is 0.340 e. The molecule has 1 heterocycles. The Balaban J connectivity index is 2.42. The van der Waals surface area contributed by atoms with Gasteiger partial charge in [-0.3, -0.25) is 0 Å². The maximum atomic E-state index is 11.9. The lowest BCUT2D eigenvalue weighted by molar-refractivity contribution is 0.0601. The fraction of sp³-hybridized carbons (Fsp3) is 0.467. The van der Waals surface area contributed by atoms with Gasteiger partial charge in [-0.1, -0.05) is 13.0 Å². The van der Waals surface area contributed by atoms with Gasteiger partial charge < -0.3 is 9.64 Å². The maximum absolute atomic E-state index is 11.9. The molecule has 1 aliphatic heterocycles. The summed E-state index contributed by atoms with van der Waals surface area (Å²) in [4.78, 5) is 14.0. The molecule has 4 heteroatoms. The van der Waals surface area contributed by atoms with Crippen molar-refractivity contribution in [3.8, 4) is 6.07 Å². The first-order chi connectivity index (χ1) is 9.17. The van der Waals surface area contributed by atoms with E-state index >= 15 is 0 Å². The third kappa shape index (κ3) is 2.70. The number of rotatable bonds is 2. The van der Waals surface area contributed by atoms with Gasteiger partial charge in [0.1, 0.15) is 6.07 Å². The minimum absolute atomic E-state index is 0.384. The Labute approximate surface area is 113 Å². The molecule has 0 spiro atoms. The molecule has 1 saturated heterocycles. The van der Waals surface area contributed by atoms with Crippen molar-refractivity contribution >= 4 is 11.7 Å². The van der Waals surface area contributed by atoms with Crippen molar-refractivity contribution in [1.29, 1.82) is 5.26 Å². The van der Waals surface area contributed by atoms with E-state index in [0.29, 0.717) is 17.0 Å². The monoisotopic (exact) mass is 258 g/mol. The molecule has 1 aliphatic rings. The van der Waals surface area contributed by atoms with Crippen LogP contribution in [0.25, 0.3) is 0 Å². The molecule has 0 bridgehead atoms. The lowest BCUT2D eigenvalue weighted by Gasteiger charge is -2.33. The summed E-state index contributed by atoms with van der Waals surface area (Å²) in [5, 5.41) is 9.25. The number of piperidine rings is 1. The van der Waals surface area contributed by atoms with Crippen LogP contribution in [0.5, 0.6) is 0 Å². The summed E-state index contributed by atoms with van der Waals surface area (Å²) in [6.45, 7) is 3.99. The molecule has 1 fully saturated rings. The Morgan fingerprint density at radius 2 is 2.11 bits per heavy atom. The predicted molar refractivity (Wildman–Crippen MR) is 73.1 cm³/mol. The van der Waals surface area contributed by atoms with Crippen LogP contribution in [-0.2, 0) is 4.74 Å². The van der Waals surface area contributed by atoms with Gasteiger partial charge in [0.05, 0.1) is 23.9 Å². The molecule has 0 atom stereocenters. The molecular weight excluding hydrogens is 240 g/mol. The van der Waals surface area contributed by atoms with Crippen molar-refractivity contribution in [2.24, 2.45) is 5.92 Å². The summed E-state index contributed by atoms with van der Waals surface area (Å²) < 4.78 is 4.81. The standard InChI is InChI=1S/C15H18N2O2/c1-11-6-8-17(9-7-11)14-12(10-16)4-3-5-13(14)15(18)19-2/h3-5,11H,6-9H2,1-2H3. The van der Waals surface area contributed by atoms with E-state index < -0.39 is 0 Å². The predicted octanol–water partition coefficient (Wildman–Crippen LogP) is 2.58. The van der Waals surface area contributed by atoms with E-state index in [2.05, 4.69) is 17.9 Å². The van der Waals surface area contributed by atoms with Gasteiger partial charge in [-0.25, -0.2) is 4.79 Å². The first-order valence-corrected chi connectivity index (χ1v) is 6.53. The van der Waals surface area contributed by atoms with Crippen LogP contribution in [0.2, 0.25) is 0 Å². The van der Waals surface area contributed by atoms with Gasteiger partial charge in [0, 0.05) is 13.1 Å². The van der Waals surface area contributed by atoms with Crippen molar-refractivity contribution in [2.75, 3.05) is 25.1 Å². The highest BCUT2D eigenvalue weighted by molar-refractivity contribution is 5.97. The lowest BCUT2D eigenvalue weighted by atomic mass is 9.97. The highest BCUT2D eigenvalue weighted by Crippen LogP contribution is 2.30. The SMILES string of the molecule is COC(=O)c1cccc(C#N)c1N1CCC(C)CC1. The van der Waals surface area contributed by atoms with E-state index in [0.717, 1.165) is 31.6 Å². The summed E-state index contributed by atoms with van der Waals surface area (Å²) >= 11 is 0. The fourth-order valence-electron chi connectivity index (χ4n) is 2.48. The Bertz CT molecular complexity index is 511. The second kappa shape index (κ2) is 5.75. The van der Waals surface area contributed by atoms with Crippen molar-refractivity contribution < 1.29 is 9.53 Å². The Kier molecular flexibility index (Phi) is 4.06. The summed E-state index contributed by atoms with van der Waals surface area (Å²) in [5.74, 6) is 0.317. The van der Waals surface area contributed by atoms with Gasteiger partial charge in [0.15, 0.2) is 0 Å². The number of methoxy groups -OCH3 is 1. The molecule has 0 aliphatic carbocycles. The third-order valence-corrected chi connectivity index (χ3v) is 3.66. The molecule has 19 heavy (non-hydrogen) atoms. The van der Waals surface area contributed by atoms with Gasteiger partial charge in [0.25, 0.3) is 0 Å². The normalized spacial score (nSPS) is 15.9. The number of esters is 1. The molecule has 1 aromatic rings. The topological polar surface area (TPSA) is 53.3 Å². The number of para-hydroxylation sites is 1. The average molecular weight is 258 g/mol. The van der Waals surface area contributed by atoms with Crippen LogP contribution in [0, 0.1) is 17.2 Å². The number of hydrogen-bond donors (Lipinski definition) is 0. The second-order valence-corrected chi connectivity index (χ2v) is 4.97. The van der Waals surface area contributed by atoms with Crippen molar-refractivity contribution in [3.63, 3.8) is 0 Å². The molecule has 0 amide bonds. The maximum Gasteiger partial charge on any atom is 0.340 e. The zero-order chi connectivity index (χ0) is 13.8. The largest absolute Gasteiger partial charge is 0.465 e. The molecule has 0 radical (unpaired) electrons. The highest BCUT2D eigenvalue weighted by atomic mass is 16.5. The van der Waals surface area contributed by atoms with Crippen LogP contribution in [-0.4, -0.2) is 26.2 Å². The zero-order valence-corrected chi connectivity index (χ0v) is 11.3. The van der Waals surface area contributed by atoms with Gasteiger partial charge in [0.2, 0.25) is 0 Å². The van der Waals surface area contributed by atoms with E-state index in [-0.39, 0.29) is 5.97 Å². The third-order valence-electron chi connectivity index (χ3n) is 3.66. The molecule has 0 N–H and O–H groups in total. The average Bonchev–Trinajstić information content (AvgIpc) is 2.46. The van der Waals surface area contributed by atoms with Gasteiger partial charge in [-0.15, -0.1) is 0 Å². The Hall–Kier alpha value is -2.02. The molecule has 100 valence electrons. The quantitative estimate of drug-likeness (QED) is 0.765. The Morgan fingerprint density at radius 1 is 1.42 bits per heavy atom. The second-order valence-electron chi connectivity index (χ2n) is 4.97. The molecular formula is C15H18N2O2. The van der Waals surface area contributed by atoms with Crippen LogP contribution in [0.3, 0.4) is 0 Å². The van der Waals surface area contributed by atoms with Gasteiger partial charge in [-0.2, -0.15) is 5.26 Å². The number of nitriles is 1. The van der Waals surface area contributed by atoms with Crippen LogP contribution in [0.1, 0.15) is 35.7 Å². The number of hydrogen-bond acceptors (Lipinski definition) is 4. The first-order valence-electron chi connectivity index (χ1n) is 6.53. The van der Waals surface area contributed by atoms with Gasteiger partial charge in [-0.05, 0) is 30.9 Å². The van der Waals surface area contributed by atoms with Crippen molar-refractivity contribution in [1.82, 2.24) is 0 Å². The highest BCUT2D eigenvalue weighted by Gasteiger charge is 2.23. The van der Waals surface area contributed by atoms with E-state index in [4.69, 9.17) is 4.74 Å². The number of carbonyl (C=O) groups is 1. The first kappa shape index (κ1) is 13.4. The van der Waals surface area contributed by atoms with Crippen LogP contribution >= 0.6 is 0 Å². The van der Waals surface area contributed by atoms with E-state index in [1.807, 2.05) is 0 Å². The minimum Gasteiger partial charge on any atom is -0.465 e. The molecule has 1 aromatic carbocycles. The number of ether oxygens (including phenoxy) is 1. The zero-order valence-electron chi connectivity index (χ0n) is 11.3. The molecule has 4 nitrogen and oxygen atoms in total. The Morgan fingerprint density at radius 3 is 2.68 bits per heavy atom. The van der Waals surface area contributed by atoms with E-state index in [1.165, 1.54) is 7.11 Å². The van der Waals surface area contributed by atoms with Crippen molar-refractivity contribution in [2.45, 2.75) is 19.8 Å². The van der Waals surface area contributed by atoms with Crippen LogP contribution in [0.15, 0.2) is 18.2 Å². The van der Waals surface area contributed by atoms with Gasteiger partial charge >= 0.3 is 5.97 Å². The van der Waals surface area contributed by atoms with E-state index in [1.54, 1.807) is 18.2 Å². The van der Waals surface area contributed by atoms with E-state index in [9.17, 15) is 10.1 Å². The number of anilines is 1. The summed E-state index contributed by atoms with van der Waals surface area (Å²) in [7, 11) is 1.36. The fourth-order valence-corrected chi connectivity index (χ4v) is 2.48. The summed E-state index contributed by atoms with van der Waals surface area (Å²) in [6, 6.07) is 7.37. The minimum atomic E-state index is -0.384. The number of carbonyl (C=O) groups excluding carboxylic acids is 1. The molecule has 0 saturated carbocycles. The number of nitrogens with zero attached hydrogens (tertiary/aromatic N) is 2. The summed E-state index contributed by atoms with van der Waals surface area (Å²) in [6.07, 6.45) is 2.17. The molecule has 2 rings (SSSR count). The molecule has 0 unspecified atom stereocenters. The van der Waals surface area contributed by atoms with Crippen molar-refractivity contribution in [3.05, 3.63) is 29.3 Å². The summed E-state index contributed by atoms with van der Waals surface area (Å²) in [5.41, 5.74) is 1.75. The lowest BCUT2D eigenvalue weighted by Crippen LogP contribution is -2.34. The number of benzene rings is 1. The van der Waals surface area contributed by atoms with Crippen LogP contribution < -0.4 is 4.90 Å².